The van der Waals surface area contributed by atoms with E-state index in [-0.39, 0.29) is 6.61 Å². The van der Waals surface area contributed by atoms with E-state index < -0.39 is 17.9 Å². The third kappa shape index (κ3) is 6.27. The highest BCUT2D eigenvalue weighted by Gasteiger charge is 2.14. The van der Waals surface area contributed by atoms with Crippen LogP contribution in [-0.4, -0.2) is 36.5 Å². The predicted molar refractivity (Wildman–Crippen MR) is 81.6 cm³/mol. The molecule has 7 heteroatoms. The van der Waals surface area contributed by atoms with Crippen LogP contribution in [0.15, 0.2) is 18.2 Å². The second-order valence-electron chi connectivity index (χ2n) is 4.42. The molecule has 1 aromatic rings. The highest BCUT2D eigenvalue weighted by molar-refractivity contribution is 7.98. The lowest BCUT2D eigenvalue weighted by atomic mass is 10.2. The summed E-state index contributed by atoms with van der Waals surface area (Å²) in [4.78, 5) is 22.6. The summed E-state index contributed by atoms with van der Waals surface area (Å²) in [7, 11) is 0. The van der Waals surface area contributed by atoms with Gasteiger partial charge in [-0.3, -0.25) is 4.79 Å². The lowest BCUT2D eigenvalue weighted by Crippen LogP contribution is -2.49. The summed E-state index contributed by atoms with van der Waals surface area (Å²) >= 11 is 7.32. The van der Waals surface area contributed by atoms with Gasteiger partial charge in [0.1, 0.15) is 5.75 Å². The van der Waals surface area contributed by atoms with Crippen molar-refractivity contribution in [1.82, 2.24) is 5.32 Å². The number of carboxylic acid groups (broad SMARTS) is 1. The van der Waals surface area contributed by atoms with Crippen LogP contribution in [-0.2, 0) is 9.59 Å². The minimum atomic E-state index is -1.29. The Hall–Kier alpha value is -1.40. The normalized spacial score (nSPS) is 11.8. The van der Waals surface area contributed by atoms with Crippen LogP contribution in [0.2, 0.25) is 5.02 Å². The summed E-state index contributed by atoms with van der Waals surface area (Å²) < 4.78 is 5.35. The average Bonchev–Trinajstić information content (AvgIpc) is 2.42. The number of thioether (sulfide) groups is 1. The molecule has 0 saturated heterocycles. The minimum Gasteiger partial charge on any atom is -0.548 e. The van der Waals surface area contributed by atoms with Crippen LogP contribution in [0.4, 0.5) is 0 Å². The van der Waals surface area contributed by atoms with E-state index in [9.17, 15) is 14.7 Å². The number of benzene rings is 1. The molecule has 1 rings (SSSR count). The van der Waals surface area contributed by atoms with E-state index >= 15 is 0 Å². The molecular formula is C14H17ClNO4S-. The molecule has 1 atom stereocenters. The van der Waals surface area contributed by atoms with Gasteiger partial charge in [-0.1, -0.05) is 11.6 Å². The van der Waals surface area contributed by atoms with Crippen molar-refractivity contribution in [2.24, 2.45) is 0 Å². The Kier molecular flexibility index (Phi) is 7.39. The lowest BCUT2D eigenvalue weighted by Gasteiger charge is -2.19. The quantitative estimate of drug-likeness (QED) is 0.769. The highest BCUT2D eigenvalue weighted by Crippen LogP contribution is 2.21. The van der Waals surface area contributed by atoms with Crippen LogP contribution in [0.25, 0.3) is 0 Å². The van der Waals surface area contributed by atoms with Crippen molar-refractivity contribution in [3.63, 3.8) is 0 Å². The molecule has 21 heavy (non-hydrogen) atoms. The van der Waals surface area contributed by atoms with E-state index in [2.05, 4.69) is 5.32 Å². The fourth-order valence-electron chi connectivity index (χ4n) is 1.64. The Balaban J connectivity index is 2.50. The molecule has 1 aromatic carbocycles. The van der Waals surface area contributed by atoms with Gasteiger partial charge in [0.15, 0.2) is 6.61 Å². The smallest absolute Gasteiger partial charge is 0.258 e. The van der Waals surface area contributed by atoms with Crippen LogP contribution in [0.1, 0.15) is 12.0 Å². The van der Waals surface area contributed by atoms with Crippen LogP contribution in [0.5, 0.6) is 5.75 Å². The Bertz CT molecular complexity index is 510. The highest BCUT2D eigenvalue weighted by atomic mass is 35.5. The Morgan fingerprint density at radius 1 is 1.48 bits per heavy atom. The van der Waals surface area contributed by atoms with Crippen LogP contribution >= 0.6 is 23.4 Å². The summed E-state index contributed by atoms with van der Waals surface area (Å²) in [5.74, 6) is -0.640. The third-order valence-corrected chi connectivity index (χ3v) is 3.61. The molecule has 0 saturated carbocycles. The number of hydrogen-bond acceptors (Lipinski definition) is 5. The first kappa shape index (κ1) is 17.7. The van der Waals surface area contributed by atoms with Crippen LogP contribution < -0.4 is 15.2 Å². The van der Waals surface area contributed by atoms with Crippen molar-refractivity contribution in [2.45, 2.75) is 19.4 Å². The molecule has 1 N–H and O–H groups in total. The number of nitrogens with one attached hydrogen (secondary N) is 1. The van der Waals surface area contributed by atoms with Gasteiger partial charge in [-0.05, 0) is 49.1 Å². The predicted octanol–water partition coefficient (Wildman–Crippen LogP) is 1.02. The van der Waals surface area contributed by atoms with E-state index in [4.69, 9.17) is 16.3 Å². The topological polar surface area (TPSA) is 78.5 Å². The van der Waals surface area contributed by atoms with Crippen LogP contribution in [0, 0.1) is 6.92 Å². The molecule has 0 radical (unpaired) electrons. The van der Waals surface area contributed by atoms with Gasteiger partial charge >= 0.3 is 0 Å². The number of aryl methyl sites for hydroxylation is 1. The number of ether oxygens (including phenoxy) is 1. The summed E-state index contributed by atoms with van der Waals surface area (Å²) in [5, 5.41) is 13.9. The Morgan fingerprint density at radius 3 is 2.76 bits per heavy atom. The molecule has 0 aromatic heterocycles. The molecule has 0 bridgehead atoms. The van der Waals surface area contributed by atoms with E-state index in [1.54, 1.807) is 18.2 Å². The van der Waals surface area contributed by atoms with E-state index in [1.165, 1.54) is 11.8 Å². The van der Waals surface area contributed by atoms with Crippen LogP contribution in [0.3, 0.4) is 0 Å². The Morgan fingerprint density at radius 2 is 2.19 bits per heavy atom. The van der Waals surface area contributed by atoms with Gasteiger partial charge in [-0.15, -0.1) is 0 Å². The number of carboxylic acids is 1. The molecule has 116 valence electrons. The monoisotopic (exact) mass is 330 g/mol. The number of aliphatic carboxylic acids is 1. The van der Waals surface area contributed by atoms with Gasteiger partial charge in [0.05, 0.1) is 12.0 Å². The van der Waals surface area contributed by atoms with Crippen molar-refractivity contribution in [1.29, 1.82) is 0 Å². The van der Waals surface area contributed by atoms with E-state index in [1.807, 2.05) is 13.2 Å². The molecule has 0 spiro atoms. The number of halogens is 1. The molecule has 0 heterocycles. The maximum atomic E-state index is 11.7. The van der Waals surface area contributed by atoms with Gasteiger partial charge in [0.2, 0.25) is 0 Å². The molecule has 0 aliphatic carbocycles. The molecule has 5 nitrogen and oxygen atoms in total. The first-order chi connectivity index (χ1) is 9.93. The average molecular weight is 331 g/mol. The fourth-order valence-corrected chi connectivity index (χ4v) is 2.34. The van der Waals surface area contributed by atoms with Gasteiger partial charge in [0.25, 0.3) is 5.91 Å². The SMILES string of the molecule is CSCC[C@@H](NC(=O)COc1ccc(Cl)cc1C)C(=O)[O-]. The molecule has 0 aliphatic heterocycles. The largest absolute Gasteiger partial charge is 0.548 e. The number of hydrogen-bond donors (Lipinski definition) is 1. The second kappa shape index (κ2) is 8.79. The summed E-state index contributed by atoms with van der Waals surface area (Å²) in [6.45, 7) is 1.55. The second-order valence-corrected chi connectivity index (χ2v) is 5.84. The standard InChI is InChI=1S/C14H18ClNO4S/c1-9-7-10(15)3-4-12(9)20-8-13(17)16-11(14(18)19)5-6-21-2/h3-4,7,11H,5-6,8H2,1-2H3,(H,16,17)(H,18,19)/p-1/t11-/m1/s1. The maximum absolute atomic E-state index is 11.7. The lowest BCUT2D eigenvalue weighted by molar-refractivity contribution is -0.308. The Labute approximate surface area is 133 Å². The zero-order valence-electron chi connectivity index (χ0n) is 11.8. The number of amides is 1. The van der Waals surface area contributed by atoms with Crippen molar-refractivity contribution in [3.8, 4) is 5.75 Å². The zero-order valence-corrected chi connectivity index (χ0v) is 13.4. The van der Waals surface area contributed by atoms with E-state index in [0.29, 0.717) is 22.9 Å². The summed E-state index contributed by atoms with van der Waals surface area (Å²) in [5.41, 5.74) is 0.800. The van der Waals surface area contributed by atoms with Crippen molar-refractivity contribution in [2.75, 3.05) is 18.6 Å². The molecular weight excluding hydrogens is 314 g/mol. The first-order valence-corrected chi connectivity index (χ1v) is 8.09. The van der Waals surface area contributed by atoms with Gasteiger partial charge in [0, 0.05) is 5.02 Å². The fraction of sp³-hybridized carbons (Fsp3) is 0.429. The third-order valence-electron chi connectivity index (χ3n) is 2.73. The van der Waals surface area contributed by atoms with Gasteiger partial charge in [-0.2, -0.15) is 11.8 Å². The zero-order chi connectivity index (χ0) is 15.8. The van der Waals surface area contributed by atoms with Gasteiger partial charge in [-0.25, -0.2) is 0 Å². The molecule has 0 aliphatic rings. The number of carbonyl (C=O) groups is 2. The van der Waals surface area contributed by atoms with Crippen molar-refractivity contribution >= 4 is 35.2 Å². The number of carbonyl (C=O) groups excluding carboxylic acids is 2. The molecule has 0 fully saturated rings. The molecule has 0 unspecified atom stereocenters. The van der Waals surface area contributed by atoms with Crippen molar-refractivity contribution in [3.05, 3.63) is 28.8 Å². The molecule has 1 amide bonds. The first-order valence-electron chi connectivity index (χ1n) is 6.32. The number of rotatable bonds is 8. The van der Waals surface area contributed by atoms with Gasteiger partial charge < -0.3 is 20.0 Å². The minimum absolute atomic E-state index is 0.258. The van der Waals surface area contributed by atoms with E-state index in [0.717, 1.165) is 5.56 Å². The summed E-state index contributed by atoms with van der Waals surface area (Å²) in [6.07, 6.45) is 2.18. The summed E-state index contributed by atoms with van der Waals surface area (Å²) in [6, 6.07) is 4.04. The van der Waals surface area contributed by atoms with Crippen molar-refractivity contribution < 1.29 is 19.4 Å². The maximum Gasteiger partial charge on any atom is 0.258 e.